The fourth-order valence-corrected chi connectivity index (χ4v) is 1.31. The maximum atomic E-state index is 11.5. The first-order valence-electron chi connectivity index (χ1n) is 5.77. The fraction of sp³-hybridized carbons (Fsp3) is 0.385. The van der Waals surface area contributed by atoms with E-state index >= 15 is 0 Å². The molecule has 2 amide bonds. The summed E-state index contributed by atoms with van der Waals surface area (Å²) in [4.78, 5) is 22.4. The van der Waals surface area contributed by atoms with E-state index in [0.717, 1.165) is 11.3 Å². The molecule has 0 aliphatic carbocycles. The molecule has 3 N–H and O–H groups in total. The van der Waals surface area contributed by atoms with Gasteiger partial charge in [0.15, 0.2) is 0 Å². The molecule has 0 aliphatic rings. The minimum Gasteiger partial charge on any atom is -0.497 e. The number of methoxy groups -OCH3 is 1. The van der Waals surface area contributed by atoms with Crippen LogP contribution >= 0.6 is 0 Å². The van der Waals surface area contributed by atoms with Gasteiger partial charge in [0.05, 0.1) is 7.11 Å². The Morgan fingerprint density at radius 2 is 1.84 bits per heavy atom. The van der Waals surface area contributed by atoms with Gasteiger partial charge < -0.3 is 20.5 Å². The predicted octanol–water partition coefficient (Wildman–Crippen LogP) is 1.36. The third kappa shape index (κ3) is 4.50. The lowest BCUT2D eigenvalue weighted by Gasteiger charge is -2.21. The molecule has 0 heterocycles. The highest BCUT2D eigenvalue weighted by Gasteiger charge is 2.28. The Hall–Kier alpha value is -2.24. The molecule has 0 saturated carbocycles. The molecule has 0 aliphatic heterocycles. The number of carboxylic acids is 1. The monoisotopic (exact) mass is 266 g/mol. The number of carbonyl (C=O) groups is 2. The number of nitrogens with one attached hydrogen (secondary N) is 2. The van der Waals surface area contributed by atoms with Crippen LogP contribution in [0, 0.1) is 0 Å². The van der Waals surface area contributed by atoms with Gasteiger partial charge in [-0.25, -0.2) is 9.59 Å². The number of ether oxygens (including phenoxy) is 1. The van der Waals surface area contributed by atoms with Crippen LogP contribution < -0.4 is 15.4 Å². The van der Waals surface area contributed by atoms with Gasteiger partial charge in [-0.2, -0.15) is 0 Å². The van der Waals surface area contributed by atoms with Crippen LogP contribution in [-0.4, -0.2) is 29.8 Å². The van der Waals surface area contributed by atoms with Crippen LogP contribution in [0.25, 0.3) is 0 Å². The number of amides is 2. The van der Waals surface area contributed by atoms with Crippen molar-refractivity contribution < 1.29 is 19.4 Å². The van der Waals surface area contributed by atoms with Crippen LogP contribution in [0.1, 0.15) is 19.4 Å². The predicted molar refractivity (Wildman–Crippen MR) is 70.1 cm³/mol. The summed E-state index contributed by atoms with van der Waals surface area (Å²) in [5.41, 5.74) is -0.409. The second-order valence-electron chi connectivity index (χ2n) is 4.59. The minimum atomic E-state index is -1.30. The van der Waals surface area contributed by atoms with Crippen molar-refractivity contribution >= 4 is 12.0 Å². The number of carbonyl (C=O) groups excluding carboxylic acids is 1. The summed E-state index contributed by atoms with van der Waals surface area (Å²) in [5, 5.41) is 13.8. The van der Waals surface area contributed by atoms with Crippen LogP contribution in [0.2, 0.25) is 0 Å². The smallest absolute Gasteiger partial charge is 0.328 e. The number of rotatable bonds is 5. The second-order valence-corrected chi connectivity index (χ2v) is 4.59. The summed E-state index contributed by atoms with van der Waals surface area (Å²) in [5.74, 6) is -0.354. The Morgan fingerprint density at radius 1 is 1.26 bits per heavy atom. The number of urea groups is 1. The molecular weight excluding hydrogens is 248 g/mol. The third-order valence-electron chi connectivity index (χ3n) is 2.57. The van der Waals surface area contributed by atoms with Gasteiger partial charge in [0.2, 0.25) is 0 Å². The van der Waals surface area contributed by atoms with E-state index in [1.165, 1.54) is 13.8 Å². The van der Waals surface area contributed by atoms with Gasteiger partial charge in [-0.05, 0) is 31.5 Å². The first kappa shape index (κ1) is 14.8. The first-order chi connectivity index (χ1) is 8.85. The lowest BCUT2D eigenvalue weighted by Crippen LogP contribution is -2.52. The van der Waals surface area contributed by atoms with Gasteiger partial charge >= 0.3 is 12.0 Å². The lowest BCUT2D eigenvalue weighted by molar-refractivity contribution is -0.142. The highest BCUT2D eigenvalue weighted by atomic mass is 16.5. The number of benzene rings is 1. The van der Waals surface area contributed by atoms with Crippen molar-refractivity contribution in [2.45, 2.75) is 25.9 Å². The van der Waals surface area contributed by atoms with Crippen LogP contribution in [0.5, 0.6) is 5.75 Å². The van der Waals surface area contributed by atoms with Crippen molar-refractivity contribution in [2.75, 3.05) is 7.11 Å². The highest BCUT2D eigenvalue weighted by Crippen LogP contribution is 2.11. The second kappa shape index (κ2) is 6.08. The summed E-state index contributed by atoms with van der Waals surface area (Å²) >= 11 is 0. The highest BCUT2D eigenvalue weighted by molar-refractivity contribution is 5.85. The Balaban J connectivity index is 2.48. The molecule has 104 valence electrons. The van der Waals surface area contributed by atoms with E-state index in [1.807, 2.05) is 12.1 Å². The van der Waals surface area contributed by atoms with E-state index in [1.54, 1.807) is 19.2 Å². The summed E-state index contributed by atoms with van der Waals surface area (Å²) in [6, 6.07) is 6.69. The quantitative estimate of drug-likeness (QED) is 0.751. The lowest BCUT2D eigenvalue weighted by atomic mass is 10.1. The van der Waals surface area contributed by atoms with Crippen molar-refractivity contribution in [3.05, 3.63) is 29.8 Å². The molecule has 0 radical (unpaired) electrons. The third-order valence-corrected chi connectivity index (χ3v) is 2.57. The Kier molecular flexibility index (Phi) is 4.74. The van der Waals surface area contributed by atoms with Crippen molar-refractivity contribution in [2.24, 2.45) is 0 Å². The zero-order valence-corrected chi connectivity index (χ0v) is 11.2. The van der Waals surface area contributed by atoms with Gasteiger partial charge in [0.25, 0.3) is 0 Å². The van der Waals surface area contributed by atoms with E-state index in [4.69, 9.17) is 9.84 Å². The van der Waals surface area contributed by atoms with Crippen molar-refractivity contribution in [3.8, 4) is 5.75 Å². The van der Waals surface area contributed by atoms with Gasteiger partial charge in [-0.1, -0.05) is 12.1 Å². The summed E-state index contributed by atoms with van der Waals surface area (Å²) in [7, 11) is 1.58. The van der Waals surface area contributed by atoms with Crippen molar-refractivity contribution in [1.29, 1.82) is 0 Å². The van der Waals surface area contributed by atoms with Crippen LogP contribution in [0.3, 0.4) is 0 Å². The molecule has 0 unspecified atom stereocenters. The summed E-state index contributed by atoms with van der Waals surface area (Å²) in [6.07, 6.45) is 0. The number of carboxylic acid groups (broad SMARTS) is 1. The molecule has 0 atom stereocenters. The fourth-order valence-electron chi connectivity index (χ4n) is 1.31. The molecule has 1 rings (SSSR count). The molecule has 6 heteroatoms. The Labute approximate surface area is 111 Å². The first-order valence-corrected chi connectivity index (χ1v) is 5.77. The molecule has 19 heavy (non-hydrogen) atoms. The standard InChI is InChI=1S/C13H18N2O4/c1-13(2,11(16)17)15-12(18)14-8-9-4-6-10(19-3)7-5-9/h4-7H,8H2,1-3H3,(H,16,17)(H2,14,15,18). The maximum Gasteiger partial charge on any atom is 0.328 e. The van der Waals surface area contributed by atoms with Gasteiger partial charge in [0.1, 0.15) is 11.3 Å². The summed E-state index contributed by atoms with van der Waals surface area (Å²) < 4.78 is 5.02. The molecule has 0 bridgehead atoms. The number of hydrogen-bond donors (Lipinski definition) is 3. The average Bonchev–Trinajstić information content (AvgIpc) is 2.36. The molecule has 0 spiro atoms. The van der Waals surface area contributed by atoms with Gasteiger partial charge in [-0.15, -0.1) is 0 Å². The zero-order valence-electron chi connectivity index (χ0n) is 11.2. The Morgan fingerprint density at radius 3 is 2.32 bits per heavy atom. The van der Waals surface area contributed by atoms with Gasteiger partial charge in [0, 0.05) is 6.54 Å². The molecule has 0 aromatic heterocycles. The number of hydrogen-bond acceptors (Lipinski definition) is 3. The maximum absolute atomic E-state index is 11.5. The van der Waals surface area contributed by atoms with E-state index in [0.29, 0.717) is 6.54 Å². The molecule has 0 fully saturated rings. The summed E-state index contributed by atoms with van der Waals surface area (Å²) in [6.45, 7) is 3.15. The van der Waals surface area contributed by atoms with E-state index in [-0.39, 0.29) is 0 Å². The van der Waals surface area contributed by atoms with Crippen LogP contribution in [0.4, 0.5) is 4.79 Å². The van der Waals surface area contributed by atoms with Crippen LogP contribution in [-0.2, 0) is 11.3 Å². The van der Waals surface area contributed by atoms with Gasteiger partial charge in [-0.3, -0.25) is 0 Å². The SMILES string of the molecule is COc1ccc(CNC(=O)NC(C)(C)C(=O)O)cc1. The number of aliphatic carboxylic acids is 1. The minimum absolute atomic E-state index is 0.311. The van der Waals surface area contributed by atoms with E-state index in [2.05, 4.69) is 10.6 Å². The molecule has 1 aromatic rings. The Bertz CT molecular complexity index is 454. The normalized spacial score (nSPS) is 10.7. The zero-order chi connectivity index (χ0) is 14.5. The van der Waals surface area contributed by atoms with Crippen molar-refractivity contribution in [3.63, 3.8) is 0 Å². The molecule has 0 saturated heterocycles. The average molecular weight is 266 g/mol. The molecule has 1 aromatic carbocycles. The molecule has 6 nitrogen and oxygen atoms in total. The largest absolute Gasteiger partial charge is 0.497 e. The van der Waals surface area contributed by atoms with Crippen molar-refractivity contribution in [1.82, 2.24) is 10.6 Å². The molecular formula is C13H18N2O4. The van der Waals surface area contributed by atoms with Crippen LogP contribution in [0.15, 0.2) is 24.3 Å². The van der Waals surface area contributed by atoms with E-state index in [9.17, 15) is 9.59 Å². The van der Waals surface area contributed by atoms with E-state index < -0.39 is 17.5 Å². The topological polar surface area (TPSA) is 87.7 Å².